The molecule has 0 saturated carbocycles. The molecule has 0 aliphatic rings. The molecule has 0 radical (unpaired) electrons. The van der Waals surface area contributed by atoms with E-state index >= 15 is 0 Å². The van der Waals surface area contributed by atoms with Crippen molar-refractivity contribution in [2.75, 3.05) is 14.2 Å². The van der Waals surface area contributed by atoms with E-state index in [2.05, 4.69) is 23.7 Å². The lowest BCUT2D eigenvalue weighted by Crippen LogP contribution is -2.19. The van der Waals surface area contributed by atoms with Crippen LogP contribution in [0.2, 0.25) is 0 Å². The van der Waals surface area contributed by atoms with E-state index in [1.54, 1.807) is 52.0 Å². The highest BCUT2D eigenvalue weighted by Gasteiger charge is 2.13. The molecule has 0 fully saturated rings. The Bertz CT molecular complexity index is 667. The van der Waals surface area contributed by atoms with Gasteiger partial charge in [-0.3, -0.25) is 9.59 Å². The first-order chi connectivity index (χ1) is 11.1. The lowest BCUT2D eigenvalue weighted by molar-refractivity contribution is 0.0736. The van der Waals surface area contributed by atoms with Gasteiger partial charge in [0.05, 0.1) is 0 Å². The molecule has 0 aliphatic heterocycles. The number of ether oxygens (including phenoxy) is 2. The number of carbonyl (C=O) groups is 2. The fraction of sp³-hybridized carbons (Fsp3) is 0.400. The molecule has 4 nitrogen and oxygen atoms in total. The molecule has 4 heteroatoms. The zero-order chi connectivity index (χ0) is 18.4. The Hall–Kier alpha value is -2.40. The summed E-state index contributed by atoms with van der Waals surface area (Å²) in [5.41, 5.74) is -0.544. The average molecular weight is 326 g/mol. The Morgan fingerprint density at radius 1 is 0.750 bits per heavy atom. The van der Waals surface area contributed by atoms with Crippen LogP contribution in [0.1, 0.15) is 48.4 Å². The SMILES string of the molecule is COC(C)(C)C#CC(=O)c1ccc(C(=O)C#CC(C)(C)OC)cc1. The second-order valence-corrected chi connectivity index (χ2v) is 6.16. The van der Waals surface area contributed by atoms with Crippen molar-refractivity contribution in [2.45, 2.75) is 38.9 Å². The van der Waals surface area contributed by atoms with Crippen molar-refractivity contribution >= 4 is 11.6 Å². The number of hydrogen-bond acceptors (Lipinski definition) is 4. The minimum Gasteiger partial charge on any atom is -0.366 e. The van der Waals surface area contributed by atoms with Gasteiger partial charge in [-0.2, -0.15) is 0 Å². The van der Waals surface area contributed by atoms with Gasteiger partial charge in [0.1, 0.15) is 11.2 Å². The summed E-state index contributed by atoms with van der Waals surface area (Å²) in [5, 5.41) is 0. The maximum Gasteiger partial charge on any atom is 0.235 e. The summed E-state index contributed by atoms with van der Waals surface area (Å²) < 4.78 is 10.3. The Morgan fingerprint density at radius 3 is 1.29 bits per heavy atom. The summed E-state index contributed by atoms with van der Waals surface area (Å²) >= 11 is 0. The van der Waals surface area contributed by atoms with Crippen LogP contribution in [0.5, 0.6) is 0 Å². The Kier molecular flexibility index (Phi) is 6.49. The number of carbonyl (C=O) groups excluding carboxylic acids is 2. The fourth-order valence-electron chi connectivity index (χ4n) is 1.43. The van der Waals surface area contributed by atoms with Gasteiger partial charge in [-0.25, -0.2) is 0 Å². The Morgan fingerprint density at radius 2 is 1.04 bits per heavy atom. The molecule has 0 spiro atoms. The van der Waals surface area contributed by atoms with E-state index in [1.807, 2.05) is 0 Å². The van der Waals surface area contributed by atoms with Crippen LogP contribution in [0, 0.1) is 23.7 Å². The van der Waals surface area contributed by atoms with E-state index in [0.29, 0.717) is 11.1 Å². The number of ketones is 2. The first-order valence-electron chi connectivity index (χ1n) is 7.45. The molecule has 0 unspecified atom stereocenters. The van der Waals surface area contributed by atoms with E-state index in [4.69, 9.17) is 9.47 Å². The van der Waals surface area contributed by atoms with Crippen molar-refractivity contribution in [3.8, 4) is 23.7 Å². The van der Waals surface area contributed by atoms with Gasteiger partial charge in [0.2, 0.25) is 11.6 Å². The minimum absolute atomic E-state index is 0.328. The molecule has 24 heavy (non-hydrogen) atoms. The first kappa shape index (κ1) is 19.6. The number of hydrogen-bond donors (Lipinski definition) is 0. The normalized spacial score (nSPS) is 10.9. The summed E-state index contributed by atoms with van der Waals surface area (Å²) in [6.07, 6.45) is 0. The number of methoxy groups -OCH3 is 2. The van der Waals surface area contributed by atoms with Crippen molar-refractivity contribution in [2.24, 2.45) is 0 Å². The molecule has 0 atom stereocenters. The van der Waals surface area contributed by atoms with Gasteiger partial charge in [-0.15, -0.1) is 0 Å². The highest BCUT2D eigenvalue weighted by Crippen LogP contribution is 2.09. The van der Waals surface area contributed by atoms with E-state index in [1.165, 1.54) is 14.2 Å². The monoisotopic (exact) mass is 326 g/mol. The molecular weight excluding hydrogens is 304 g/mol. The molecule has 1 aromatic rings. The standard InChI is InChI=1S/C20H22O4/c1-19(2,23-5)13-11-17(21)15-7-9-16(10-8-15)18(22)12-14-20(3,4)24-6/h7-10H,1-6H3. The predicted octanol–water partition coefficient (Wildman–Crippen LogP) is 2.91. The largest absolute Gasteiger partial charge is 0.366 e. The van der Waals surface area contributed by atoms with E-state index in [0.717, 1.165) is 0 Å². The molecule has 0 aliphatic carbocycles. The predicted molar refractivity (Wildman–Crippen MR) is 92.8 cm³/mol. The van der Waals surface area contributed by atoms with E-state index in [-0.39, 0.29) is 11.6 Å². The second-order valence-electron chi connectivity index (χ2n) is 6.16. The number of benzene rings is 1. The van der Waals surface area contributed by atoms with E-state index < -0.39 is 11.2 Å². The van der Waals surface area contributed by atoms with E-state index in [9.17, 15) is 9.59 Å². The second kappa shape index (κ2) is 7.93. The number of Topliss-reactive ketones (excluding diaryl/α,β-unsaturated/α-hetero) is 2. The zero-order valence-corrected chi connectivity index (χ0v) is 14.9. The molecule has 1 rings (SSSR count). The summed E-state index contributed by atoms with van der Waals surface area (Å²) in [6, 6.07) is 6.25. The molecule has 0 saturated heterocycles. The van der Waals surface area contributed by atoms with Crippen molar-refractivity contribution in [3.63, 3.8) is 0 Å². The molecular formula is C20H22O4. The van der Waals surface area contributed by atoms with Crippen molar-refractivity contribution in [1.82, 2.24) is 0 Å². The van der Waals surface area contributed by atoms with Crippen LogP contribution < -0.4 is 0 Å². The van der Waals surface area contributed by atoms with Crippen molar-refractivity contribution in [3.05, 3.63) is 35.4 Å². The Balaban J connectivity index is 2.90. The highest BCUT2D eigenvalue weighted by molar-refractivity contribution is 6.11. The van der Waals surface area contributed by atoms with Gasteiger partial charge in [0, 0.05) is 25.3 Å². The molecule has 1 aromatic carbocycles. The van der Waals surface area contributed by atoms with Crippen LogP contribution in [-0.2, 0) is 9.47 Å². The summed E-state index contributed by atoms with van der Waals surface area (Å²) in [5.74, 6) is 9.97. The maximum absolute atomic E-state index is 12.0. The van der Waals surface area contributed by atoms with Crippen LogP contribution in [0.15, 0.2) is 24.3 Å². The molecule has 0 aromatic heterocycles. The van der Waals surface area contributed by atoms with Gasteiger partial charge in [-0.05, 0) is 63.8 Å². The van der Waals surface area contributed by atoms with Crippen LogP contribution >= 0.6 is 0 Å². The minimum atomic E-state index is -0.685. The summed E-state index contributed by atoms with van der Waals surface area (Å²) in [7, 11) is 3.07. The van der Waals surface area contributed by atoms with Crippen molar-refractivity contribution < 1.29 is 19.1 Å². The smallest absolute Gasteiger partial charge is 0.235 e. The highest BCUT2D eigenvalue weighted by atomic mass is 16.5. The Labute approximate surface area is 143 Å². The summed E-state index contributed by atoms with van der Waals surface area (Å²) in [6.45, 7) is 7.09. The third-order valence-corrected chi connectivity index (χ3v) is 3.38. The average Bonchev–Trinajstić information content (AvgIpc) is 2.58. The zero-order valence-electron chi connectivity index (χ0n) is 14.9. The third-order valence-electron chi connectivity index (χ3n) is 3.38. The number of rotatable bonds is 4. The lowest BCUT2D eigenvalue weighted by Gasteiger charge is -2.14. The lowest BCUT2D eigenvalue weighted by atomic mass is 10.0. The first-order valence-corrected chi connectivity index (χ1v) is 7.45. The topological polar surface area (TPSA) is 52.6 Å². The molecule has 0 bridgehead atoms. The van der Waals surface area contributed by atoms with Gasteiger partial charge in [-0.1, -0.05) is 11.8 Å². The molecule has 0 amide bonds. The quantitative estimate of drug-likeness (QED) is 0.485. The molecule has 126 valence electrons. The van der Waals surface area contributed by atoms with Gasteiger partial charge >= 0.3 is 0 Å². The maximum atomic E-state index is 12.0. The van der Waals surface area contributed by atoms with Crippen LogP contribution in [0.4, 0.5) is 0 Å². The molecule has 0 N–H and O–H groups in total. The van der Waals surface area contributed by atoms with Crippen LogP contribution in [0.3, 0.4) is 0 Å². The summed E-state index contributed by atoms with van der Waals surface area (Å²) in [4.78, 5) is 24.1. The van der Waals surface area contributed by atoms with Crippen LogP contribution in [0.25, 0.3) is 0 Å². The van der Waals surface area contributed by atoms with Crippen LogP contribution in [-0.4, -0.2) is 37.0 Å². The molecule has 0 heterocycles. The van der Waals surface area contributed by atoms with Crippen molar-refractivity contribution in [1.29, 1.82) is 0 Å². The van der Waals surface area contributed by atoms with Gasteiger partial charge < -0.3 is 9.47 Å². The van der Waals surface area contributed by atoms with Gasteiger partial charge in [0.25, 0.3) is 0 Å². The van der Waals surface area contributed by atoms with Gasteiger partial charge in [0.15, 0.2) is 0 Å². The fourth-order valence-corrected chi connectivity index (χ4v) is 1.43. The third kappa shape index (κ3) is 6.01.